The maximum absolute atomic E-state index is 13.4. The molecule has 2 N–H and O–H groups in total. The third-order valence-electron chi connectivity index (χ3n) is 3.27. The number of halogens is 1. The average molecular weight is 286 g/mol. The van der Waals surface area contributed by atoms with Gasteiger partial charge in [-0.25, -0.2) is 9.18 Å². The minimum atomic E-state index is -0.279. The highest BCUT2D eigenvalue weighted by molar-refractivity contribution is 5.90. The summed E-state index contributed by atoms with van der Waals surface area (Å²) in [6.07, 6.45) is 0.465. The molecule has 2 aromatic rings. The number of anilines is 1. The topological polar surface area (TPSA) is 41.1 Å². The number of benzene rings is 2. The molecule has 2 rings (SSSR count). The Morgan fingerprint density at radius 1 is 1.14 bits per heavy atom. The zero-order valence-corrected chi connectivity index (χ0v) is 12.2. The normalized spacial score (nSPS) is 10.2. The number of hydrogen-bond acceptors (Lipinski definition) is 1. The van der Waals surface area contributed by atoms with Gasteiger partial charge in [-0.05, 0) is 43.5 Å². The number of hydrogen-bond donors (Lipinski definition) is 2. The molecule has 0 aliphatic heterocycles. The van der Waals surface area contributed by atoms with E-state index in [0.29, 0.717) is 18.5 Å². The van der Waals surface area contributed by atoms with Crippen molar-refractivity contribution < 1.29 is 9.18 Å². The fourth-order valence-electron chi connectivity index (χ4n) is 2.13. The molecule has 0 saturated carbocycles. The van der Waals surface area contributed by atoms with E-state index >= 15 is 0 Å². The second kappa shape index (κ2) is 6.88. The molecule has 110 valence electrons. The van der Waals surface area contributed by atoms with Crippen LogP contribution in [-0.2, 0) is 6.42 Å². The zero-order valence-electron chi connectivity index (χ0n) is 12.2. The number of rotatable bonds is 4. The van der Waals surface area contributed by atoms with Crippen molar-refractivity contribution in [3.05, 3.63) is 65.0 Å². The Morgan fingerprint density at radius 2 is 1.90 bits per heavy atom. The molecule has 0 radical (unpaired) electrons. The van der Waals surface area contributed by atoms with Crippen molar-refractivity contribution in [2.75, 3.05) is 11.9 Å². The number of carbonyl (C=O) groups is 1. The van der Waals surface area contributed by atoms with Crippen LogP contribution in [0, 0.1) is 19.7 Å². The molecule has 0 saturated heterocycles. The van der Waals surface area contributed by atoms with Gasteiger partial charge in [0.25, 0.3) is 0 Å². The minimum Gasteiger partial charge on any atom is -0.338 e. The van der Waals surface area contributed by atoms with Gasteiger partial charge in [-0.1, -0.05) is 35.9 Å². The van der Waals surface area contributed by atoms with E-state index in [0.717, 1.165) is 16.8 Å². The molecular formula is C17H19FN2O. The molecular weight excluding hydrogens is 267 g/mol. The van der Waals surface area contributed by atoms with Crippen molar-refractivity contribution in [2.24, 2.45) is 0 Å². The summed E-state index contributed by atoms with van der Waals surface area (Å²) in [4.78, 5) is 11.8. The summed E-state index contributed by atoms with van der Waals surface area (Å²) in [5.74, 6) is -0.242. The van der Waals surface area contributed by atoms with Gasteiger partial charge < -0.3 is 10.6 Å². The summed E-state index contributed by atoms with van der Waals surface area (Å²) in [6, 6.07) is 12.1. The van der Waals surface area contributed by atoms with Gasteiger partial charge in [0, 0.05) is 12.2 Å². The van der Waals surface area contributed by atoms with Gasteiger partial charge in [0.1, 0.15) is 5.82 Å². The number of urea groups is 1. The van der Waals surface area contributed by atoms with Crippen LogP contribution in [0.5, 0.6) is 0 Å². The van der Waals surface area contributed by atoms with E-state index in [1.54, 1.807) is 18.2 Å². The summed E-state index contributed by atoms with van der Waals surface area (Å²) < 4.78 is 13.4. The van der Waals surface area contributed by atoms with Crippen molar-refractivity contribution in [3.8, 4) is 0 Å². The van der Waals surface area contributed by atoms with Gasteiger partial charge in [-0.2, -0.15) is 0 Å². The molecule has 0 fully saturated rings. The Hall–Kier alpha value is -2.36. The van der Waals surface area contributed by atoms with E-state index in [4.69, 9.17) is 0 Å². The van der Waals surface area contributed by atoms with Crippen LogP contribution < -0.4 is 10.6 Å². The standard InChI is InChI=1S/C17H19FN2O/c1-12-7-8-16(13(2)11-12)20-17(21)19-10-9-14-5-3-4-6-15(14)18/h3-8,11H,9-10H2,1-2H3,(H2,19,20,21). The third kappa shape index (κ3) is 4.31. The van der Waals surface area contributed by atoms with Crippen molar-refractivity contribution in [2.45, 2.75) is 20.3 Å². The largest absolute Gasteiger partial charge is 0.338 e. The summed E-state index contributed by atoms with van der Waals surface area (Å²) >= 11 is 0. The number of nitrogens with one attached hydrogen (secondary N) is 2. The molecule has 2 aromatic carbocycles. The predicted octanol–water partition coefficient (Wildman–Crippen LogP) is 3.81. The van der Waals surface area contributed by atoms with E-state index in [2.05, 4.69) is 10.6 Å². The van der Waals surface area contributed by atoms with Gasteiger partial charge in [-0.15, -0.1) is 0 Å². The summed E-state index contributed by atoms with van der Waals surface area (Å²) in [6.45, 7) is 4.34. The van der Waals surface area contributed by atoms with Gasteiger partial charge in [0.2, 0.25) is 0 Å². The smallest absolute Gasteiger partial charge is 0.319 e. The predicted molar refractivity (Wildman–Crippen MR) is 83.0 cm³/mol. The van der Waals surface area contributed by atoms with Crippen LogP contribution in [0.4, 0.5) is 14.9 Å². The lowest BCUT2D eigenvalue weighted by Crippen LogP contribution is -2.30. The van der Waals surface area contributed by atoms with Crippen LogP contribution in [0.15, 0.2) is 42.5 Å². The van der Waals surface area contributed by atoms with E-state index < -0.39 is 0 Å². The van der Waals surface area contributed by atoms with E-state index in [9.17, 15) is 9.18 Å². The molecule has 21 heavy (non-hydrogen) atoms. The zero-order chi connectivity index (χ0) is 15.2. The molecule has 3 nitrogen and oxygen atoms in total. The first-order valence-corrected chi connectivity index (χ1v) is 6.92. The Morgan fingerprint density at radius 3 is 2.62 bits per heavy atom. The lowest BCUT2D eigenvalue weighted by atomic mass is 10.1. The van der Waals surface area contributed by atoms with Gasteiger partial charge in [0.15, 0.2) is 0 Å². The highest BCUT2D eigenvalue weighted by atomic mass is 19.1. The quantitative estimate of drug-likeness (QED) is 0.881. The van der Waals surface area contributed by atoms with Crippen molar-refractivity contribution in [1.82, 2.24) is 5.32 Å². The van der Waals surface area contributed by atoms with Crippen LogP contribution >= 0.6 is 0 Å². The van der Waals surface area contributed by atoms with Crippen LogP contribution in [-0.4, -0.2) is 12.6 Å². The van der Waals surface area contributed by atoms with Crippen LogP contribution in [0.3, 0.4) is 0 Å². The minimum absolute atomic E-state index is 0.242. The third-order valence-corrected chi connectivity index (χ3v) is 3.27. The molecule has 2 amide bonds. The van der Waals surface area contributed by atoms with Gasteiger partial charge in [0.05, 0.1) is 0 Å². The molecule has 0 aromatic heterocycles. The van der Waals surface area contributed by atoms with Crippen molar-refractivity contribution in [3.63, 3.8) is 0 Å². The SMILES string of the molecule is Cc1ccc(NC(=O)NCCc2ccccc2F)c(C)c1. The molecule has 0 unspecified atom stereocenters. The highest BCUT2D eigenvalue weighted by Crippen LogP contribution is 2.15. The Labute approximate surface area is 124 Å². The maximum Gasteiger partial charge on any atom is 0.319 e. The van der Waals surface area contributed by atoms with Crippen molar-refractivity contribution >= 4 is 11.7 Å². The summed E-state index contributed by atoms with van der Waals surface area (Å²) in [5.41, 5.74) is 3.55. The maximum atomic E-state index is 13.4. The van der Waals surface area contributed by atoms with E-state index in [1.165, 1.54) is 6.07 Å². The lowest BCUT2D eigenvalue weighted by molar-refractivity contribution is 0.252. The molecule has 0 atom stereocenters. The first-order valence-electron chi connectivity index (χ1n) is 6.92. The first kappa shape index (κ1) is 15.0. The van der Waals surface area contributed by atoms with Gasteiger partial charge >= 0.3 is 6.03 Å². The van der Waals surface area contributed by atoms with Gasteiger partial charge in [-0.3, -0.25) is 0 Å². The second-order valence-electron chi connectivity index (χ2n) is 5.04. The summed E-state index contributed by atoms with van der Waals surface area (Å²) in [7, 11) is 0. The number of amides is 2. The second-order valence-corrected chi connectivity index (χ2v) is 5.04. The fraction of sp³-hybridized carbons (Fsp3) is 0.235. The van der Waals surface area contributed by atoms with Crippen molar-refractivity contribution in [1.29, 1.82) is 0 Å². The highest BCUT2D eigenvalue weighted by Gasteiger charge is 2.05. The number of aryl methyl sites for hydroxylation is 2. The lowest BCUT2D eigenvalue weighted by Gasteiger charge is -2.10. The van der Waals surface area contributed by atoms with Crippen LogP contribution in [0.2, 0.25) is 0 Å². The molecule has 0 heterocycles. The molecule has 4 heteroatoms. The van der Waals surface area contributed by atoms with Crippen LogP contribution in [0.1, 0.15) is 16.7 Å². The molecule has 0 aliphatic rings. The Kier molecular flexibility index (Phi) is 4.93. The monoisotopic (exact) mass is 286 g/mol. The molecule has 0 bridgehead atoms. The molecule has 0 aliphatic carbocycles. The first-order chi connectivity index (χ1) is 10.1. The summed E-state index contributed by atoms with van der Waals surface area (Å²) in [5, 5.41) is 5.53. The average Bonchev–Trinajstić information content (AvgIpc) is 2.44. The fourth-order valence-corrected chi connectivity index (χ4v) is 2.13. The van der Waals surface area contributed by atoms with E-state index in [1.807, 2.05) is 32.0 Å². The van der Waals surface area contributed by atoms with E-state index in [-0.39, 0.29) is 11.8 Å². The number of carbonyl (C=O) groups excluding carboxylic acids is 1. The molecule has 0 spiro atoms. The Balaban J connectivity index is 1.84. The Bertz CT molecular complexity index is 640. The van der Waals surface area contributed by atoms with Crippen LogP contribution in [0.25, 0.3) is 0 Å².